The van der Waals surface area contributed by atoms with Gasteiger partial charge in [-0.25, -0.2) is 31.5 Å². The van der Waals surface area contributed by atoms with Gasteiger partial charge < -0.3 is 0 Å². The van der Waals surface area contributed by atoms with Crippen molar-refractivity contribution < 1.29 is 34.8 Å². The van der Waals surface area contributed by atoms with Crippen LogP contribution in [0.1, 0.15) is 12.7 Å². The van der Waals surface area contributed by atoms with Crippen LogP contribution in [0.15, 0.2) is 58.3 Å². The van der Waals surface area contributed by atoms with Crippen LogP contribution in [0.3, 0.4) is 0 Å². The van der Waals surface area contributed by atoms with Gasteiger partial charge in [-0.3, -0.25) is 4.79 Å². The van der Waals surface area contributed by atoms with E-state index in [-0.39, 0.29) is 32.2 Å². The lowest BCUT2D eigenvalue weighted by atomic mass is 10.0. The monoisotopic (exact) mass is 533 g/mol. The molecule has 1 aromatic heterocycles. The predicted molar refractivity (Wildman–Crippen MR) is 117 cm³/mol. The van der Waals surface area contributed by atoms with Gasteiger partial charge in [-0.15, -0.1) is 0 Å². The van der Waals surface area contributed by atoms with Crippen LogP contribution < -0.4 is 4.72 Å². The van der Waals surface area contributed by atoms with Crippen molar-refractivity contribution in [1.82, 2.24) is 14.7 Å². The molecule has 34 heavy (non-hydrogen) atoms. The molecule has 0 radical (unpaired) electrons. The van der Waals surface area contributed by atoms with E-state index in [0.29, 0.717) is 0 Å². The van der Waals surface area contributed by atoms with Gasteiger partial charge in [-0.2, -0.15) is 13.2 Å². The highest BCUT2D eigenvalue weighted by atomic mass is 35.5. The molecular formula is C20H15ClF3N3O5S2. The predicted octanol–water partition coefficient (Wildman–Crippen LogP) is 3.71. The second kappa shape index (κ2) is 8.96. The molecule has 0 saturated heterocycles. The van der Waals surface area contributed by atoms with Gasteiger partial charge in [-0.05, 0) is 29.8 Å². The fraction of sp³-hybridized carbons (Fsp3) is 0.150. The van der Waals surface area contributed by atoms with E-state index in [4.69, 9.17) is 11.6 Å². The van der Waals surface area contributed by atoms with Crippen molar-refractivity contribution in [2.75, 3.05) is 6.26 Å². The first kappa shape index (κ1) is 25.6. The number of nitrogens with zero attached hydrogens (tertiary/aromatic N) is 2. The lowest BCUT2D eigenvalue weighted by Crippen LogP contribution is -2.28. The van der Waals surface area contributed by atoms with Gasteiger partial charge in [-0.1, -0.05) is 35.9 Å². The lowest BCUT2D eigenvalue weighted by Gasteiger charge is -2.15. The summed E-state index contributed by atoms with van der Waals surface area (Å²) in [5.74, 6) is -2.31. The molecule has 0 fully saturated rings. The fourth-order valence-corrected chi connectivity index (χ4v) is 4.83. The number of benzene rings is 2. The Balaban J connectivity index is 2.20. The summed E-state index contributed by atoms with van der Waals surface area (Å²) < 4.78 is 89.6. The molecule has 180 valence electrons. The van der Waals surface area contributed by atoms with E-state index in [1.807, 2.05) is 0 Å². The number of rotatable bonds is 5. The molecule has 1 N–H and O–H groups in total. The van der Waals surface area contributed by atoms with Crippen LogP contribution in [0.5, 0.6) is 0 Å². The van der Waals surface area contributed by atoms with Crippen LogP contribution in [0.4, 0.5) is 13.2 Å². The summed E-state index contributed by atoms with van der Waals surface area (Å²) in [5.41, 5.74) is 0.0184. The van der Waals surface area contributed by atoms with Crippen LogP contribution in [0.2, 0.25) is 5.15 Å². The van der Waals surface area contributed by atoms with Crippen molar-refractivity contribution in [3.05, 3.63) is 59.5 Å². The number of alkyl halides is 3. The maximum atomic E-state index is 13.3. The number of nitrogens with one attached hydrogen (secondary N) is 1. The van der Waals surface area contributed by atoms with Gasteiger partial charge >= 0.3 is 6.18 Å². The maximum Gasteiger partial charge on any atom is 0.451 e. The fourth-order valence-electron chi connectivity index (χ4n) is 2.93. The standard InChI is InChI=1S/C20H15ClF3N3O5S2/c1-11(28)27-34(31,32)15-9-3-12(4-10-15)16-17(25-19(20(22,23)24)26-18(16)21)13-5-7-14(8-6-13)33(2,29)30/h3-10H,1-2H3,(H,27,28). The van der Waals surface area contributed by atoms with Gasteiger partial charge in [0.15, 0.2) is 9.84 Å². The molecule has 2 aromatic carbocycles. The van der Waals surface area contributed by atoms with Gasteiger partial charge in [0, 0.05) is 24.3 Å². The Hall–Kier alpha value is -3.03. The van der Waals surface area contributed by atoms with Crippen LogP contribution in [0.25, 0.3) is 22.4 Å². The highest BCUT2D eigenvalue weighted by Crippen LogP contribution is 2.39. The van der Waals surface area contributed by atoms with Gasteiger partial charge in [0.05, 0.1) is 15.5 Å². The van der Waals surface area contributed by atoms with E-state index in [9.17, 15) is 34.8 Å². The van der Waals surface area contributed by atoms with Crippen molar-refractivity contribution in [3.8, 4) is 22.4 Å². The highest BCUT2D eigenvalue weighted by molar-refractivity contribution is 7.90. The Labute approximate surface area is 197 Å². The molecular weight excluding hydrogens is 519 g/mol. The Bertz CT molecular complexity index is 1470. The molecule has 1 amide bonds. The van der Waals surface area contributed by atoms with Crippen LogP contribution in [-0.2, 0) is 30.8 Å². The highest BCUT2D eigenvalue weighted by Gasteiger charge is 2.36. The number of hydrogen-bond donors (Lipinski definition) is 1. The summed E-state index contributed by atoms with van der Waals surface area (Å²) in [6.07, 6.45) is -3.94. The third kappa shape index (κ3) is 5.54. The quantitative estimate of drug-likeness (QED) is 0.496. The second-order valence-electron chi connectivity index (χ2n) is 7.04. The van der Waals surface area contributed by atoms with Crippen molar-refractivity contribution in [2.24, 2.45) is 0 Å². The van der Waals surface area contributed by atoms with Gasteiger partial charge in [0.2, 0.25) is 11.7 Å². The molecule has 0 unspecified atom stereocenters. The number of amides is 1. The molecule has 0 aliphatic rings. The minimum absolute atomic E-state index is 0.0368. The number of halogens is 4. The van der Waals surface area contributed by atoms with Crippen LogP contribution >= 0.6 is 11.6 Å². The van der Waals surface area contributed by atoms with E-state index < -0.39 is 42.9 Å². The Morgan fingerprint density at radius 1 is 0.882 bits per heavy atom. The Morgan fingerprint density at radius 2 is 1.38 bits per heavy atom. The summed E-state index contributed by atoms with van der Waals surface area (Å²) in [6.45, 7) is 1.02. The van der Waals surface area contributed by atoms with Crippen molar-refractivity contribution >= 4 is 37.4 Å². The molecule has 8 nitrogen and oxygen atoms in total. The first-order valence-electron chi connectivity index (χ1n) is 9.18. The molecule has 0 bridgehead atoms. The van der Waals surface area contributed by atoms with Crippen molar-refractivity contribution in [1.29, 1.82) is 0 Å². The van der Waals surface area contributed by atoms with E-state index in [1.54, 1.807) is 4.72 Å². The normalized spacial score (nSPS) is 12.4. The Kier molecular flexibility index (Phi) is 6.75. The second-order valence-corrected chi connectivity index (χ2v) is 11.1. The number of sulfone groups is 1. The summed E-state index contributed by atoms with van der Waals surface area (Å²) in [6, 6.07) is 9.75. The Morgan fingerprint density at radius 3 is 1.85 bits per heavy atom. The molecule has 14 heteroatoms. The van der Waals surface area contributed by atoms with E-state index in [1.165, 1.54) is 36.4 Å². The zero-order chi connectivity index (χ0) is 25.5. The molecule has 0 atom stereocenters. The van der Waals surface area contributed by atoms with E-state index >= 15 is 0 Å². The zero-order valence-corrected chi connectivity index (χ0v) is 19.8. The molecule has 3 rings (SSSR count). The minimum atomic E-state index is -4.92. The number of carbonyl (C=O) groups excluding carboxylic acids is 1. The third-order valence-electron chi connectivity index (χ3n) is 4.41. The zero-order valence-electron chi connectivity index (χ0n) is 17.4. The summed E-state index contributed by atoms with van der Waals surface area (Å²) in [5, 5.41) is -0.554. The SMILES string of the molecule is CC(=O)NS(=O)(=O)c1ccc(-c2c(Cl)nc(C(F)(F)F)nc2-c2ccc(S(C)(=O)=O)cc2)cc1. The van der Waals surface area contributed by atoms with Gasteiger partial charge in [0.1, 0.15) is 5.15 Å². The maximum absolute atomic E-state index is 13.3. The lowest BCUT2D eigenvalue weighted by molar-refractivity contribution is -0.144. The molecule has 1 heterocycles. The third-order valence-corrected chi connectivity index (χ3v) is 7.26. The van der Waals surface area contributed by atoms with Crippen LogP contribution in [-0.4, -0.2) is 39.0 Å². The molecule has 0 aliphatic heterocycles. The molecule has 3 aromatic rings. The first-order valence-corrected chi connectivity index (χ1v) is 12.9. The molecule has 0 spiro atoms. The summed E-state index contributed by atoms with van der Waals surface area (Å²) >= 11 is 6.11. The number of carbonyl (C=O) groups is 1. The van der Waals surface area contributed by atoms with E-state index in [0.717, 1.165) is 25.3 Å². The molecule has 0 saturated carbocycles. The van der Waals surface area contributed by atoms with Crippen molar-refractivity contribution in [3.63, 3.8) is 0 Å². The largest absolute Gasteiger partial charge is 0.451 e. The average Bonchev–Trinajstić information content (AvgIpc) is 2.71. The number of aromatic nitrogens is 2. The first-order chi connectivity index (χ1) is 15.6. The van der Waals surface area contributed by atoms with E-state index in [2.05, 4.69) is 9.97 Å². The number of sulfonamides is 1. The summed E-state index contributed by atoms with van der Waals surface area (Å²) in [4.78, 5) is 17.7. The van der Waals surface area contributed by atoms with Gasteiger partial charge in [0.25, 0.3) is 10.0 Å². The van der Waals surface area contributed by atoms with Crippen LogP contribution in [0, 0.1) is 0 Å². The summed E-state index contributed by atoms with van der Waals surface area (Å²) in [7, 11) is -7.70. The topological polar surface area (TPSA) is 123 Å². The van der Waals surface area contributed by atoms with Crippen molar-refractivity contribution in [2.45, 2.75) is 22.9 Å². The molecule has 0 aliphatic carbocycles. The minimum Gasteiger partial charge on any atom is -0.274 e. The number of hydrogen-bond acceptors (Lipinski definition) is 7. The smallest absolute Gasteiger partial charge is 0.274 e. The average molecular weight is 534 g/mol.